The zero-order chi connectivity index (χ0) is 19.4. The number of carbonyl (C=O) groups excluding carboxylic acids is 1. The predicted octanol–water partition coefficient (Wildman–Crippen LogP) is 3.21. The first-order valence-electron chi connectivity index (χ1n) is 8.89. The van der Waals surface area contributed by atoms with Gasteiger partial charge in [0.2, 0.25) is 5.91 Å². The molecule has 2 N–H and O–H groups in total. The molecule has 1 aliphatic rings. The highest BCUT2D eigenvalue weighted by Crippen LogP contribution is 2.21. The lowest BCUT2D eigenvalue weighted by molar-refractivity contribution is -0.117. The number of nitrogens with one attached hydrogen (secondary N) is 2. The number of nitrogens with zero attached hydrogens (tertiary/aromatic N) is 1. The van der Waals surface area contributed by atoms with Crippen LogP contribution < -0.4 is 10.0 Å². The monoisotopic (exact) mass is 385 g/mol. The third-order valence-corrected chi connectivity index (χ3v) is 5.85. The zero-order valence-electron chi connectivity index (χ0n) is 15.4. The highest BCUT2D eigenvalue weighted by Gasteiger charge is 2.20. The zero-order valence-corrected chi connectivity index (χ0v) is 16.2. The fraction of sp³-hybridized carbons (Fsp3) is 0.300. The molecule has 0 saturated carbocycles. The first-order valence-corrected chi connectivity index (χ1v) is 10.4. The van der Waals surface area contributed by atoms with Crippen LogP contribution in [0.5, 0.6) is 0 Å². The molecule has 1 aliphatic heterocycles. The standard InChI is InChI=1S/C20H23N3O3S/c1-14-6-3-7-16(12-14)15(2)20(24)22-17-8-4-9-18(13-17)27(25,26)23-19-10-5-11-21-19/h3-4,6-9,12-13,15H,5,10-11H2,1-2H3,(H,21,23)(H,22,24). The summed E-state index contributed by atoms with van der Waals surface area (Å²) in [7, 11) is -3.71. The lowest BCUT2D eigenvalue weighted by Gasteiger charge is -2.14. The number of amidine groups is 1. The highest BCUT2D eigenvalue weighted by atomic mass is 32.2. The van der Waals surface area contributed by atoms with Crippen molar-refractivity contribution < 1.29 is 13.2 Å². The van der Waals surface area contributed by atoms with Gasteiger partial charge in [-0.15, -0.1) is 0 Å². The summed E-state index contributed by atoms with van der Waals surface area (Å²) < 4.78 is 27.5. The van der Waals surface area contributed by atoms with Crippen molar-refractivity contribution in [1.82, 2.24) is 4.72 Å². The first kappa shape index (κ1) is 19.1. The van der Waals surface area contributed by atoms with Gasteiger partial charge in [0, 0.05) is 18.7 Å². The lowest BCUT2D eigenvalue weighted by Crippen LogP contribution is -2.29. The number of rotatable bonds is 5. The summed E-state index contributed by atoms with van der Waals surface area (Å²) in [5.74, 6) is -0.0584. The molecule has 1 heterocycles. The third-order valence-electron chi connectivity index (χ3n) is 4.47. The third kappa shape index (κ3) is 4.74. The number of benzene rings is 2. The Morgan fingerprint density at radius 3 is 2.63 bits per heavy atom. The van der Waals surface area contributed by atoms with Crippen LogP contribution in [0.4, 0.5) is 5.69 Å². The van der Waals surface area contributed by atoms with E-state index < -0.39 is 10.0 Å². The van der Waals surface area contributed by atoms with Crippen LogP contribution in [0.15, 0.2) is 58.4 Å². The molecule has 2 aromatic carbocycles. The Labute approximate surface area is 159 Å². The van der Waals surface area contributed by atoms with E-state index in [-0.39, 0.29) is 16.7 Å². The summed E-state index contributed by atoms with van der Waals surface area (Å²) in [4.78, 5) is 16.8. The smallest absolute Gasteiger partial charge is 0.262 e. The van der Waals surface area contributed by atoms with Crippen LogP contribution in [0.1, 0.15) is 36.8 Å². The van der Waals surface area contributed by atoms with Crippen molar-refractivity contribution >= 4 is 27.5 Å². The second kappa shape index (κ2) is 7.92. The van der Waals surface area contributed by atoms with Crippen LogP contribution in [-0.4, -0.2) is 26.7 Å². The molecule has 1 unspecified atom stereocenters. The highest BCUT2D eigenvalue weighted by molar-refractivity contribution is 7.90. The summed E-state index contributed by atoms with van der Waals surface area (Å²) in [6.07, 6.45) is 1.48. The SMILES string of the molecule is Cc1cccc(C(C)C(=O)Nc2cccc(S(=O)(=O)NC3=NCCC3)c2)c1. The van der Waals surface area contributed by atoms with E-state index >= 15 is 0 Å². The Morgan fingerprint density at radius 2 is 1.93 bits per heavy atom. The van der Waals surface area contributed by atoms with Crippen molar-refractivity contribution in [3.8, 4) is 0 Å². The number of hydrogen-bond donors (Lipinski definition) is 2. The molecule has 3 rings (SSSR count). The van der Waals surface area contributed by atoms with E-state index in [4.69, 9.17) is 0 Å². The molecule has 0 aliphatic carbocycles. The van der Waals surface area contributed by atoms with Crippen LogP contribution in [-0.2, 0) is 14.8 Å². The van der Waals surface area contributed by atoms with E-state index in [0.29, 0.717) is 24.5 Å². The lowest BCUT2D eigenvalue weighted by atomic mass is 9.98. The van der Waals surface area contributed by atoms with Gasteiger partial charge in [-0.2, -0.15) is 0 Å². The van der Waals surface area contributed by atoms with E-state index in [0.717, 1.165) is 17.5 Å². The molecular formula is C20H23N3O3S. The molecule has 2 aromatic rings. The Bertz CT molecular complexity index is 983. The average molecular weight is 385 g/mol. The van der Waals surface area contributed by atoms with Gasteiger partial charge in [-0.3, -0.25) is 14.5 Å². The van der Waals surface area contributed by atoms with Crippen molar-refractivity contribution in [1.29, 1.82) is 0 Å². The summed E-state index contributed by atoms with van der Waals surface area (Å²) in [6, 6.07) is 14.0. The summed E-state index contributed by atoms with van der Waals surface area (Å²) in [6.45, 7) is 4.44. The first-order chi connectivity index (χ1) is 12.8. The van der Waals surface area contributed by atoms with Crippen LogP contribution in [0.25, 0.3) is 0 Å². The van der Waals surface area contributed by atoms with Crippen molar-refractivity contribution in [3.63, 3.8) is 0 Å². The normalized spacial score (nSPS) is 15.1. The maximum absolute atomic E-state index is 12.6. The number of aliphatic imine (C=N–C) groups is 1. The molecule has 7 heteroatoms. The Hall–Kier alpha value is -2.67. The van der Waals surface area contributed by atoms with E-state index in [1.54, 1.807) is 12.1 Å². The summed E-state index contributed by atoms with van der Waals surface area (Å²) in [5.41, 5.74) is 2.44. The fourth-order valence-corrected chi connectivity index (χ4v) is 4.05. The van der Waals surface area contributed by atoms with Crippen molar-refractivity contribution in [3.05, 3.63) is 59.7 Å². The van der Waals surface area contributed by atoms with Crippen molar-refractivity contribution in [2.45, 2.75) is 37.5 Å². The second-order valence-corrected chi connectivity index (χ2v) is 8.37. The van der Waals surface area contributed by atoms with Gasteiger partial charge in [0.25, 0.3) is 10.0 Å². The number of aryl methyl sites for hydroxylation is 1. The van der Waals surface area contributed by atoms with Gasteiger partial charge in [0.15, 0.2) is 0 Å². The topological polar surface area (TPSA) is 87.6 Å². The molecule has 1 amide bonds. The molecule has 0 spiro atoms. The number of hydrogen-bond acceptors (Lipinski definition) is 4. The molecule has 27 heavy (non-hydrogen) atoms. The van der Waals surface area contributed by atoms with Crippen LogP contribution in [0, 0.1) is 6.92 Å². The van der Waals surface area contributed by atoms with E-state index in [2.05, 4.69) is 15.0 Å². The summed E-state index contributed by atoms with van der Waals surface area (Å²) >= 11 is 0. The van der Waals surface area contributed by atoms with E-state index in [9.17, 15) is 13.2 Å². The molecule has 0 fully saturated rings. The molecule has 0 aromatic heterocycles. The molecule has 0 bridgehead atoms. The quantitative estimate of drug-likeness (QED) is 0.828. The molecule has 0 saturated heterocycles. The molecule has 0 radical (unpaired) electrons. The number of amides is 1. The minimum Gasteiger partial charge on any atom is -0.326 e. The van der Waals surface area contributed by atoms with E-state index in [1.165, 1.54) is 12.1 Å². The van der Waals surface area contributed by atoms with Crippen molar-refractivity contribution in [2.75, 3.05) is 11.9 Å². The number of sulfonamides is 1. The number of carbonyl (C=O) groups is 1. The van der Waals surface area contributed by atoms with Crippen LogP contribution >= 0.6 is 0 Å². The van der Waals surface area contributed by atoms with Crippen LogP contribution in [0.2, 0.25) is 0 Å². The molecule has 6 nitrogen and oxygen atoms in total. The maximum Gasteiger partial charge on any atom is 0.262 e. The molecule has 1 atom stereocenters. The minimum atomic E-state index is -3.71. The van der Waals surface area contributed by atoms with Crippen molar-refractivity contribution in [2.24, 2.45) is 4.99 Å². The fourth-order valence-electron chi connectivity index (χ4n) is 2.92. The second-order valence-electron chi connectivity index (χ2n) is 6.69. The van der Waals surface area contributed by atoms with Gasteiger partial charge in [-0.25, -0.2) is 8.42 Å². The van der Waals surface area contributed by atoms with Gasteiger partial charge < -0.3 is 5.32 Å². The predicted molar refractivity (Wildman–Crippen MR) is 107 cm³/mol. The minimum absolute atomic E-state index is 0.0955. The Kier molecular flexibility index (Phi) is 5.60. The van der Waals surface area contributed by atoms with Gasteiger partial charge >= 0.3 is 0 Å². The number of anilines is 1. The maximum atomic E-state index is 12.6. The molecule has 142 valence electrons. The molecular weight excluding hydrogens is 362 g/mol. The van der Waals surface area contributed by atoms with Gasteiger partial charge in [0.05, 0.1) is 10.8 Å². The van der Waals surface area contributed by atoms with E-state index in [1.807, 2.05) is 38.1 Å². The van der Waals surface area contributed by atoms with Gasteiger partial charge in [-0.05, 0) is 44.0 Å². The average Bonchev–Trinajstić information content (AvgIpc) is 3.13. The van der Waals surface area contributed by atoms with Gasteiger partial charge in [-0.1, -0.05) is 35.9 Å². The summed E-state index contributed by atoms with van der Waals surface area (Å²) in [5, 5.41) is 2.80. The largest absolute Gasteiger partial charge is 0.326 e. The Balaban J connectivity index is 1.74. The Morgan fingerprint density at radius 1 is 1.15 bits per heavy atom. The van der Waals surface area contributed by atoms with Crippen LogP contribution in [0.3, 0.4) is 0 Å². The van der Waals surface area contributed by atoms with Gasteiger partial charge in [0.1, 0.15) is 5.84 Å².